The molecule has 0 aliphatic rings. The van der Waals surface area contributed by atoms with Gasteiger partial charge in [0.1, 0.15) is 6.04 Å². The number of halogens is 1. The molecule has 4 nitrogen and oxygen atoms in total. The zero-order valence-corrected chi connectivity index (χ0v) is 15.7. The van der Waals surface area contributed by atoms with Gasteiger partial charge in [-0.2, -0.15) is 0 Å². The fraction of sp³-hybridized carbons (Fsp3) is 0.579. The van der Waals surface area contributed by atoms with E-state index >= 15 is 0 Å². The second-order valence-electron chi connectivity index (χ2n) is 5.97. The fourth-order valence-corrected chi connectivity index (χ4v) is 2.70. The average molecular weight is 353 g/mol. The molecule has 24 heavy (non-hydrogen) atoms. The van der Waals surface area contributed by atoms with Gasteiger partial charge in [-0.15, -0.1) is 0 Å². The first-order valence-electron chi connectivity index (χ1n) is 8.85. The first-order chi connectivity index (χ1) is 11.5. The third-order valence-electron chi connectivity index (χ3n) is 3.95. The van der Waals surface area contributed by atoms with Gasteiger partial charge in [0.05, 0.1) is 0 Å². The van der Waals surface area contributed by atoms with E-state index in [0.717, 1.165) is 24.8 Å². The van der Waals surface area contributed by atoms with Crippen LogP contribution in [-0.4, -0.2) is 29.3 Å². The summed E-state index contributed by atoms with van der Waals surface area (Å²) in [4.78, 5) is 26.8. The van der Waals surface area contributed by atoms with Gasteiger partial charge < -0.3 is 10.2 Å². The van der Waals surface area contributed by atoms with E-state index in [1.807, 2.05) is 38.1 Å². The number of unbranched alkanes of at least 4 members (excludes halogenated alkanes) is 1. The van der Waals surface area contributed by atoms with Gasteiger partial charge in [0, 0.05) is 24.5 Å². The van der Waals surface area contributed by atoms with E-state index in [4.69, 9.17) is 11.6 Å². The SMILES string of the molecule is CCCCNC(=O)[C@H](CC)N(Cc1ccc(Cl)cc1)C(=O)CCC. The second-order valence-corrected chi connectivity index (χ2v) is 6.40. The van der Waals surface area contributed by atoms with Gasteiger partial charge in [-0.25, -0.2) is 0 Å². The van der Waals surface area contributed by atoms with Gasteiger partial charge >= 0.3 is 0 Å². The van der Waals surface area contributed by atoms with Crippen molar-refractivity contribution in [3.8, 4) is 0 Å². The lowest BCUT2D eigenvalue weighted by atomic mass is 10.1. The molecule has 0 spiro atoms. The van der Waals surface area contributed by atoms with Crippen LogP contribution in [0.15, 0.2) is 24.3 Å². The Kier molecular flexibility index (Phi) is 9.46. The number of hydrogen-bond acceptors (Lipinski definition) is 2. The molecule has 0 radical (unpaired) electrons. The lowest BCUT2D eigenvalue weighted by molar-refractivity contribution is -0.141. The molecule has 0 aliphatic carbocycles. The maximum Gasteiger partial charge on any atom is 0.242 e. The monoisotopic (exact) mass is 352 g/mol. The predicted molar refractivity (Wildman–Crippen MR) is 98.9 cm³/mol. The fourth-order valence-electron chi connectivity index (χ4n) is 2.57. The van der Waals surface area contributed by atoms with Crippen LogP contribution < -0.4 is 5.32 Å². The molecule has 1 N–H and O–H groups in total. The molecule has 0 saturated heterocycles. The van der Waals surface area contributed by atoms with Crippen molar-refractivity contribution in [2.45, 2.75) is 65.5 Å². The molecule has 5 heteroatoms. The molecule has 1 atom stereocenters. The predicted octanol–water partition coefficient (Wildman–Crippen LogP) is 4.16. The molecule has 0 unspecified atom stereocenters. The Morgan fingerprint density at radius 2 is 1.79 bits per heavy atom. The number of amides is 2. The Morgan fingerprint density at radius 1 is 1.12 bits per heavy atom. The maximum atomic E-state index is 12.6. The third kappa shape index (κ3) is 6.52. The molecule has 0 saturated carbocycles. The number of carbonyl (C=O) groups excluding carboxylic acids is 2. The maximum absolute atomic E-state index is 12.6. The Balaban J connectivity index is 2.90. The highest BCUT2D eigenvalue weighted by Gasteiger charge is 2.27. The van der Waals surface area contributed by atoms with E-state index < -0.39 is 6.04 Å². The van der Waals surface area contributed by atoms with Crippen LogP contribution in [0.4, 0.5) is 0 Å². The largest absolute Gasteiger partial charge is 0.354 e. The first kappa shape index (κ1) is 20.5. The average Bonchev–Trinajstić information content (AvgIpc) is 2.57. The molecule has 0 bridgehead atoms. The highest BCUT2D eigenvalue weighted by atomic mass is 35.5. The summed E-state index contributed by atoms with van der Waals surface area (Å²) in [6, 6.07) is 6.98. The van der Waals surface area contributed by atoms with E-state index in [2.05, 4.69) is 12.2 Å². The summed E-state index contributed by atoms with van der Waals surface area (Å²) in [7, 11) is 0. The Morgan fingerprint density at radius 3 is 2.33 bits per heavy atom. The van der Waals surface area contributed by atoms with Crippen LogP contribution in [0.3, 0.4) is 0 Å². The summed E-state index contributed by atoms with van der Waals surface area (Å²) >= 11 is 5.93. The van der Waals surface area contributed by atoms with Gasteiger partial charge in [0.15, 0.2) is 0 Å². The third-order valence-corrected chi connectivity index (χ3v) is 4.20. The number of nitrogens with one attached hydrogen (secondary N) is 1. The number of carbonyl (C=O) groups is 2. The lowest BCUT2D eigenvalue weighted by Gasteiger charge is -2.30. The highest BCUT2D eigenvalue weighted by Crippen LogP contribution is 2.16. The van der Waals surface area contributed by atoms with Crippen LogP contribution in [0.5, 0.6) is 0 Å². The highest BCUT2D eigenvalue weighted by molar-refractivity contribution is 6.30. The smallest absolute Gasteiger partial charge is 0.242 e. The standard InChI is InChI=1S/C19H29ClN2O2/c1-4-7-13-21-19(24)17(6-3)22(18(23)8-5-2)14-15-9-11-16(20)12-10-15/h9-12,17H,4-8,13-14H2,1-3H3,(H,21,24)/t17-/m0/s1. The zero-order chi connectivity index (χ0) is 17.9. The normalized spacial score (nSPS) is 11.8. The molecule has 134 valence electrons. The molecule has 1 rings (SSSR count). The van der Waals surface area contributed by atoms with Crippen molar-refractivity contribution < 1.29 is 9.59 Å². The van der Waals surface area contributed by atoms with Crippen molar-refractivity contribution in [1.82, 2.24) is 10.2 Å². The molecule has 0 aromatic heterocycles. The summed E-state index contributed by atoms with van der Waals surface area (Å²) in [6.45, 7) is 7.08. The van der Waals surface area contributed by atoms with Crippen molar-refractivity contribution in [2.24, 2.45) is 0 Å². The van der Waals surface area contributed by atoms with Crippen molar-refractivity contribution in [1.29, 1.82) is 0 Å². The summed E-state index contributed by atoms with van der Waals surface area (Å²) in [5.41, 5.74) is 0.976. The van der Waals surface area contributed by atoms with Crippen LogP contribution in [0, 0.1) is 0 Å². The molecular weight excluding hydrogens is 324 g/mol. The van der Waals surface area contributed by atoms with Gasteiger partial charge in [-0.3, -0.25) is 9.59 Å². The molecule has 1 aromatic rings. The Hall–Kier alpha value is -1.55. The van der Waals surface area contributed by atoms with Crippen molar-refractivity contribution in [3.63, 3.8) is 0 Å². The van der Waals surface area contributed by atoms with E-state index in [0.29, 0.717) is 31.0 Å². The molecule has 0 aliphatic heterocycles. The van der Waals surface area contributed by atoms with E-state index in [1.54, 1.807) is 4.90 Å². The van der Waals surface area contributed by atoms with Gasteiger partial charge in [0.2, 0.25) is 11.8 Å². The topological polar surface area (TPSA) is 49.4 Å². The lowest BCUT2D eigenvalue weighted by Crippen LogP contribution is -2.49. The Labute approximate surface area is 150 Å². The molecular formula is C19H29ClN2O2. The van der Waals surface area contributed by atoms with Crippen LogP contribution in [0.25, 0.3) is 0 Å². The van der Waals surface area contributed by atoms with Crippen LogP contribution in [0.1, 0.15) is 58.4 Å². The quantitative estimate of drug-likeness (QED) is 0.642. The van der Waals surface area contributed by atoms with Crippen LogP contribution in [-0.2, 0) is 16.1 Å². The summed E-state index contributed by atoms with van der Waals surface area (Å²) in [5.74, 6) is -0.0469. The van der Waals surface area contributed by atoms with E-state index in [-0.39, 0.29) is 11.8 Å². The number of nitrogens with zero attached hydrogens (tertiary/aromatic N) is 1. The number of benzene rings is 1. The van der Waals surface area contributed by atoms with E-state index in [1.165, 1.54) is 0 Å². The Bertz CT molecular complexity index is 517. The second kappa shape index (κ2) is 11.1. The minimum absolute atomic E-state index is 0.0185. The van der Waals surface area contributed by atoms with Crippen LogP contribution in [0.2, 0.25) is 5.02 Å². The van der Waals surface area contributed by atoms with Crippen molar-refractivity contribution >= 4 is 23.4 Å². The number of rotatable bonds is 10. The zero-order valence-electron chi connectivity index (χ0n) is 15.0. The molecule has 1 aromatic carbocycles. The molecule has 0 fully saturated rings. The number of hydrogen-bond donors (Lipinski definition) is 1. The van der Waals surface area contributed by atoms with Gasteiger partial charge in [-0.1, -0.05) is 50.9 Å². The molecule has 2 amide bonds. The summed E-state index contributed by atoms with van der Waals surface area (Å²) in [6.07, 6.45) is 3.79. The van der Waals surface area contributed by atoms with Crippen LogP contribution >= 0.6 is 11.6 Å². The minimum atomic E-state index is -0.434. The summed E-state index contributed by atoms with van der Waals surface area (Å²) in [5, 5.41) is 3.61. The van der Waals surface area contributed by atoms with Gasteiger partial charge in [0.25, 0.3) is 0 Å². The summed E-state index contributed by atoms with van der Waals surface area (Å²) < 4.78 is 0. The van der Waals surface area contributed by atoms with E-state index in [9.17, 15) is 9.59 Å². The molecule has 0 heterocycles. The first-order valence-corrected chi connectivity index (χ1v) is 9.22. The minimum Gasteiger partial charge on any atom is -0.354 e. The van der Waals surface area contributed by atoms with Gasteiger partial charge in [-0.05, 0) is 37.0 Å². The van der Waals surface area contributed by atoms with Crippen molar-refractivity contribution in [3.05, 3.63) is 34.9 Å². The van der Waals surface area contributed by atoms with Crippen molar-refractivity contribution in [2.75, 3.05) is 6.54 Å².